The maximum Gasteiger partial charge on any atom is 0.412 e. The molecule has 0 saturated heterocycles. The highest BCUT2D eigenvalue weighted by Crippen LogP contribution is 2.28. The first-order valence-corrected chi connectivity index (χ1v) is 8.61. The summed E-state index contributed by atoms with van der Waals surface area (Å²) in [5, 5.41) is 20.4. The van der Waals surface area contributed by atoms with Gasteiger partial charge in [0.25, 0.3) is 5.91 Å². The fraction of sp³-hybridized carbons (Fsp3) is 0.200. The molecule has 0 fully saturated rings. The van der Waals surface area contributed by atoms with Gasteiger partial charge in [0.05, 0.1) is 0 Å². The lowest BCUT2D eigenvalue weighted by molar-refractivity contribution is -0.124. The monoisotopic (exact) mass is 388 g/mol. The second kappa shape index (κ2) is 10.7. The van der Waals surface area contributed by atoms with Gasteiger partial charge in [-0.3, -0.25) is 15.3 Å². The van der Waals surface area contributed by atoms with E-state index in [1.165, 1.54) is 23.7 Å². The van der Waals surface area contributed by atoms with Crippen LogP contribution in [0.4, 0.5) is 14.9 Å². The molecule has 0 radical (unpaired) electrons. The molecule has 4 N–H and O–H groups in total. The molecule has 0 unspecified atom stereocenters. The van der Waals surface area contributed by atoms with E-state index in [1.54, 1.807) is 30.3 Å². The quantitative estimate of drug-likeness (QED) is 0.236. The summed E-state index contributed by atoms with van der Waals surface area (Å²) in [5.74, 6) is -1.95. The van der Waals surface area contributed by atoms with E-state index in [0.29, 0.717) is 30.5 Å². The molecule has 2 aromatic rings. The number of unbranched alkanes of at least 4 members (excludes halogenated alkanes) is 1. The number of anilines is 1. The standard InChI is InChI=1S/C20H21FN2O5/c21-16-13-14(11-12-17(16)24)18(9-5-2-6-10-19(25)23-27)28-20(26)22-15-7-3-1-4-8-15/h1,3-4,6-8,10-13,18,24,27H,2,5,9H2,(H,22,26)(H,23,25)/b10-6+/t18-/m1/s1. The van der Waals surface area contributed by atoms with Gasteiger partial charge in [0, 0.05) is 11.8 Å². The molecule has 0 aliphatic carbocycles. The van der Waals surface area contributed by atoms with Crippen molar-refractivity contribution >= 4 is 17.7 Å². The number of carbonyl (C=O) groups excluding carboxylic acids is 2. The van der Waals surface area contributed by atoms with Crippen molar-refractivity contribution in [2.24, 2.45) is 0 Å². The molecule has 0 saturated carbocycles. The Bertz CT molecular complexity index is 827. The van der Waals surface area contributed by atoms with Crippen molar-refractivity contribution in [2.75, 3.05) is 5.32 Å². The van der Waals surface area contributed by atoms with Crippen LogP contribution in [0.2, 0.25) is 0 Å². The van der Waals surface area contributed by atoms with Crippen molar-refractivity contribution in [2.45, 2.75) is 25.4 Å². The number of para-hydroxylation sites is 1. The number of hydrogen-bond acceptors (Lipinski definition) is 5. The molecule has 0 aliphatic heterocycles. The van der Waals surface area contributed by atoms with Crippen LogP contribution in [0.5, 0.6) is 5.75 Å². The molecule has 0 spiro atoms. The van der Waals surface area contributed by atoms with E-state index in [4.69, 9.17) is 9.94 Å². The molecule has 2 aromatic carbocycles. The highest BCUT2D eigenvalue weighted by molar-refractivity contribution is 5.86. The van der Waals surface area contributed by atoms with Gasteiger partial charge in [-0.1, -0.05) is 30.3 Å². The number of aromatic hydroxyl groups is 1. The van der Waals surface area contributed by atoms with Gasteiger partial charge in [-0.15, -0.1) is 0 Å². The van der Waals surface area contributed by atoms with Crippen molar-refractivity contribution in [1.82, 2.24) is 5.48 Å². The zero-order valence-electron chi connectivity index (χ0n) is 15.0. The fourth-order valence-corrected chi connectivity index (χ4v) is 2.46. The van der Waals surface area contributed by atoms with E-state index in [0.717, 1.165) is 6.07 Å². The summed E-state index contributed by atoms with van der Waals surface area (Å²) in [5.41, 5.74) is 2.44. The predicted molar refractivity (Wildman–Crippen MR) is 100 cm³/mol. The number of carbonyl (C=O) groups is 2. The van der Waals surface area contributed by atoms with Crippen LogP contribution in [0, 0.1) is 5.82 Å². The van der Waals surface area contributed by atoms with Gasteiger partial charge in [0.2, 0.25) is 0 Å². The maximum atomic E-state index is 13.7. The van der Waals surface area contributed by atoms with Gasteiger partial charge in [-0.25, -0.2) is 14.7 Å². The van der Waals surface area contributed by atoms with Crippen LogP contribution in [0.1, 0.15) is 30.9 Å². The molecule has 0 heterocycles. The number of ether oxygens (including phenoxy) is 1. The molecule has 7 nitrogen and oxygen atoms in total. The number of nitrogens with one attached hydrogen (secondary N) is 2. The Morgan fingerprint density at radius 3 is 2.61 bits per heavy atom. The third kappa shape index (κ3) is 6.73. The average Bonchev–Trinajstić information content (AvgIpc) is 2.69. The van der Waals surface area contributed by atoms with Crippen LogP contribution in [-0.2, 0) is 9.53 Å². The molecule has 28 heavy (non-hydrogen) atoms. The molecule has 1 atom stereocenters. The predicted octanol–water partition coefficient (Wildman–Crippen LogP) is 4.05. The minimum atomic E-state index is -0.811. The molecular formula is C20H21FN2O5. The van der Waals surface area contributed by atoms with Gasteiger partial charge in [0.1, 0.15) is 6.10 Å². The SMILES string of the molecule is O=C(/C=C/CCC[C@@H](OC(=O)Nc1ccccc1)c1ccc(O)c(F)c1)NO. The van der Waals surface area contributed by atoms with Gasteiger partial charge in [-0.05, 0) is 49.1 Å². The smallest absolute Gasteiger partial charge is 0.412 e. The van der Waals surface area contributed by atoms with Crippen molar-refractivity contribution in [1.29, 1.82) is 0 Å². The topological polar surface area (TPSA) is 108 Å². The summed E-state index contributed by atoms with van der Waals surface area (Å²) < 4.78 is 19.2. The summed E-state index contributed by atoms with van der Waals surface area (Å²) in [7, 11) is 0. The van der Waals surface area contributed by atoms with Crippen LogP contribution < -0.4 is 10.8 Å². The molecular weight excluding hydrogens is 367 g/mol. The van der Waals surface area contributed by atoms with E-state index in [9.17, 15) is 19.1 Å². The number of allylic oxidation sites excluding steroid dienone is 1. The zero-order chi connectivity index (χ0) is 20.4. The number of amides is 2. The van der Waals surface area contributed by atoms with E-state index in [2.05, 4.69) is 5.32 Å². The molecule has 2 rings (SSSR count). The number of hydrogen-bond donors (Lipinski definition) is 4. The molecule has 0 aliphatic rings. The van der Waals surface area contributed by atoms with Crippen LogP contribution in [0.3, 0.4) is 0 Å². The number of halogens is 1. The zero-order valence-corrected chi connectivity index (χ0v) is 15.0. The van der Waals surface area contributed by atoms with Crippen LogP contribution in [-0.4, -0.2) is 22.3 Å². The van der Waals surface area contributed by atoms with Crippen LogP contribution in [0.15, 0.2) is 60.7 Å². The number of phenolic OH excluding ortho intramolecular Hbond substituents is 1. The normalized spacial score (nSPS) is 11.8. The average molecular weight is 388 g/mol. The Balaban J connectivity index is 2.02. The number of phenols is 1. The minimum absolute atomic E-state index is 0.359. The van der Waals surface area contributed by atoms with Gasteiger partial charge in [0.15, 0.2) is 11.6 Å². The van der Waals surface area contributed by atoms with Gasteiger partial charge >= 0.3 is 6.09 Å². The highest BCUT2D eigenvalue weighted by Gasteiger charge is 2.18. The third-order valence-corrected chi connectivity index (χ3v) is 3.83. The second-order valence-corrected chi connectivity index (χ2v) is 5.91. The first kappa shape index (κ1) is 20.9. The van der Waals surface area contributed by atoms with E-state index < -0.39 is 29.7 Å². The number of benzene rings is 2. The van der Waals surface area contributed by atoms with Gasteiger partial charge in [-0.2, -0.15) is 0 Å². The number of hydroxylamine groups is 1. The Labute approximate surface area is 161 Å². The van der Waals surface area contributed by atoms with Crippen LogP contribution >= 0.6 is 0 Å². The summed E-state index contributed by atoms with van der Waals surface area (Å²) in [6.45, 7) is 0. The first-order chi connectivity index (χ1) is 13.5. The van der Waals surface area contributed by atoms with Crippen molar-refractivity contribution < 1.29 is 29.0 Å². The summed E-state index contributed by atoms with van der Waals surface area (Å²) in [6.07, 6.45) is 2.66. The molecule has 0 bridgehead atoms. The molecule has 0 aromatic heterocycles. The summed E-state index contributed by atoms with van der Waals surface area (Å²) >= 11 is 0. The third-order valence-electron chi connectivity index (χ3n) is 3.83. The lowest BCUT2D eigenvalue weighted by Gasteiger charge is -2.19. The van der Waals surface area contributed by atoms with Crippen molar-refractivity contribution in [3.63, 3.8) is 0 Å². The van der Waals surface area contributed by atoms with Crippen molar-refractivity contribution in [3.05, 3.63) is 72.1 Å². The fourth-order valence-electron chi connectivity index (χ4n) is 2.46. The Morgan fingerprint density at radius 1 is 1.18 bits per heavy atom. The maximum absolute atomic E-state index is 13.7. The lowest BCUT2D eigenvalue weighted by atomic mass is 10.0. The van der Waals surface area contributed by atoms with Gasteiger partial charge < -0.3 is 9.84 Å². The first-order valence-electron chi connectivity index (χ1n) is 8.61. The molecule has 2 amide bonds. The Morgan fingerprint density at radius 2 is 1.93 bits per heavy atom. The van der Waals surface area contributed by atoms with E-state index >= 15 is 0 Å². The lowest BCUT2D eigenvalue weighted by Crippen LogP contribution is -2.18. The second-order valence-electron chi connectivity index (χ2n) is 5.91. The van der Waals surface area contributed by atoms with Crippen LogP contribution in [0.25, 0.3) is 0 Å². The summed E-state index contributed by atoms with van der Waals surface area (Å²) in [4.78, 5) is 23.1. The molecule has 8 heteroatoms. The van der Waals surface area contributed by atoms with Crippen molar-refractivity contribution in [3.8, 4) is 5.75 Å². The minimum Gasteiger partial charge on any atom is -0.505 e. The summed E-state index contributed by atoms with van der Waals surface area (Å²) in [6, 6.07) is 12.5. The number of rotatable bonds is 8. The highest BCUT2D eigenvalue weighted by atomic mass is 19.1. The molecule has 148 valence electrons. The Hall–Kier alpha value is -3.39. The Kier molecular flexibility index (Phi) is 7.98. The largest absolute Gasteiger partial charge is 0.505 e. The van der Waals surface area contributed by atoms with E-state index in [1.807, 2.05) is 6.07 Å². The van der Waals surface area contributed by atoms with E-state index in [-0.39, 0.29) is 0 Å².